The summed E-state index contributed by atoms with van der Waals surface area (Å²) in [6.07, 6.45) is 0. The van der Waals surface area contributed by atoms with E-state index in [0.717, 1.165) is 16.4 Å². The second kappa shape index (κ2) is 15.4. The van der Waals surface area contributed by atoms with Gasteiger partial charge in [-0.2, -0.15) is 0 Å². The quantitative estimate of drug-likeness (QED) is 0.329. The number of amides is 3. The number of piperazine rings is 1. The Kier molecular flexibility index (Phi) is 12.0. The number of sulfonamides is 1. The van der Waals surface area contributed by atoms with Gasteiger partial charge in [-0.25, -0.2) is 21.9 Å². The molecule has 5 rings (SSSR count). The summed E-state index contributed by atoms with van der Waals surface area (Å²) in [5.74, 6) is -1.37. The van der Waals surface area contributed by atoms with Crippen LogP contribution < -0.4 is 4.74 Å². The number of hydrogen-bond donors (Lipinski definition) is 1. The number of hydrogen-bond acceptors (Lipinski definition) is 7. The minimum atomic E-state index is -4.28. The number of β-amino-alcohol motifs (C(OH)–C–C–N with tert-alkyl or cyclic N) is 1. The smallest absolute Gasteiger partial charge is 0.326 e. The van der Waals surface area contributed by atoms with E-state index in [1.54, 1.807) is 55.5 Å². The Morgan fingerprint density at radius 1 is 1.04 bits per heavy atom. The fraction of sp³-hybridized carbons (Fsp3) is 0.344. The van der Waals surface area contributed by atoms with Gasteiger partial charge < -0.3 is 19.6 Å². The summed E-state index contributed by atoms with van der Waals surface area (Å²) >= 11 is 12.5. The number of nitrogens with zero attached hydrogens (tertiary/aromatic N) is 5. The number of aliphatic hydroxyl groups excluding tert-OH is 1. The van der Waals surface area contributed by atoms with E-state index in [-0.39, 0.29) is 74.9 Å². The molecule has 1 saturated heterocycles. The Morgan fingerprint density at radius 3 is 2.19 bits per heavy atom. The van der Waals surface area contributed by atoms with Crippen LogP contribution in [0.3, 0.4) is 0 Å². The third-order valence-electron chi connectivity index (χ3n) is 7.99. The highest BCUT2D eigenvalue weighted by Gasteiger charge is 2.46. The number of ether oxygens (including phenoxy) is 1. The van der Waals surface area contributed by atoms with Crippen LogP contribution in [0, 0.1) is 5.82 Å². The van der Waals surface area contributed by atoms with Gasteiger partial charge in [0.2, 0.25) is 15.9 Å². The van der Waals surface area contributed by atoms with Gasteiger partial charge in [-0.15, -0.1) is 12.4 Å². The predicted molar refractivity (Wildman–Crippen MR) is 183 cm³/mol. The molecule has 16 heteroatoms. The molecule has 0 saturated carbocycles. The first-order valence-electron chi connectivity index (χ1n) is 14.8. The maximum atomic E-state index is 15.4. The average molecular weight is 743 g/mol. The predicted octanol–water partition coefficient (Wildman–Crippen LogP) is 5.00. The van der Waals surface area contributed by atoms with E-state index in [1.165, 1.54) is 28.8 Å². The van der Waals surface area contributed by atoms with E-state index in [9.17, 15) is 23.1 Å². The van der Waals surface area contributed by atoms with E-state index in [1.807, 2.05) is 0 Å². The molecule has 2 atom stereocenters. The monoisotopic (exact) mass is 741 g/mol. The van der Waals surface area contributed by atoms with Crippen molar-refractivity contribution in [2.75, 3.05) is 53.5 Å². The molecule has 2 aliphatic rings. The number of urea groups is 1. The van der Waals surface area contributed by atoms with Crippen LogP contribution in [0.5, 0.6) is 5.75 Å². The molecule has 258 valence electrons. The Hall–Kier alpha value is -3.46. The van der Waals surface area contributed by atoms with Crippen LogP contribution >= 0.6 is 35.6 Å². The van der Waals surface area contributed by atoms with Crippen molar-refractivity contribution in [2.45, 2.75) is 23.9 Å². The van der Waals surface area contributed by atoms with Crippen molar-refractivity contribution < 1.29 is 32.2 Å². The molecule has 3 amide bonds. The summed E-state index contributed by atoms with van der Waals surface area (Å²) in [6, 6.07) is 13.8. The topological polar surface area (TPSA) is 123 Å². The molecule has 48 heavy (non-hydrogen) atoms. The molecule has 3 aromatic rings. The lowest BCUT2D eigenvalue weighted by Crippen LogP contribution is -2.56. The standard InChI is InChI=1S/C32H34Cl2FN5O6S.ClH/c1-4-46-26-18-25(35)27(47(44,45)37(2)3)17-24(26)31-36-29(20-5-9-22(33)10-6-20)30(21-7-11-23(34)12-8-21)40(31)32(43)39-14-13-38(15-16-41)28(42)19-39;/h5-12,17-18,29-30,41H,4,13-16,19H2,1-3H3;1H. The molecular weight excluding hydrogens is 708 g/mol. The lowest BCUT2D eigenvalue weighted by atomic mass is 9.93. The Balaban J connectivity index is 0.00000520. The summed E-state index contributed by atoms with van der Waals surface area (Å²) in [5, 5.41) is 10.3. The number of halogens is 4. The highest BCUT2D eigenvalue weighted by atomic mass is 35.5. The first-order valence-corrected chi connectivity index (χ1v) is 17.0. The minimum Gasteiger partial charge on any atom is -0.493 e. The van der Waals surface area contributed by atoms with Crippen molar-refractivity contribution in [3.05, 3.63) is 93.2 Å². The Bertz CT molecular complexity index is 1790. The number of amidine groups is 1. The van der Waals surface area contributed by atoms with Crippen molar-refractivity contribution in [3.63, 3.8) is 0 Å². The number of carbonyl (C=O) groups excluding carboxylic acids is 2. The lowest BCUT2D eigenvalue weighted by molar-refractivity contribution is -0.135. The zero-order chi connectivity index (χ0) is 34.0. The summed E-state index contributed by atoms with van der Waals surface area (Å²) in [7, 11) is -1.70. The first-order chi connectivity index (χ1) is 22.4. The van der Waals surface area contributed by atoms with E-state index >= 15 is 4.39 Å². The van der Waals surface area contributed by atoms with Crippen molar-refractivity contribution in [1.29, 1.82) is 0 Å². The molecule has 0 radical (unpaired) electrons. The van der Waals surface area contributed by atoms with Gasteiger partial charge in [0, 0.05) is 49.8 Å². The van der Waals surface area contributed by atoms with Crippen LogP contribution in [0.25, 0.3) is 0 Å². The highest BCUT2D eigenvalue weighted by molar-refractivity contribution is 7.89. The summed E-state index contributed by atoms with van der Waals surface area (Å²) in [6.45, 7) is 1.82. The van der Waals surface area contributed by atoms with E-state index in [0.29, 0.717) is 21.2 Å². The number of aliphatic hydroxyl groups is 1. The normalized spacial score (nSPS) is 18.2. The number of carbonyl (C=O) groups is 2. The molecule has 1 fully saturated rings. The van der Waals surface area contributed by atoms with Crippen LogP contribution in [0.2, 0.25) is 10.0 Å². The molecule has 0 aromatic heterocycles. The van der Waals surface area contributed by atoms with Gasteiger partial charge in [0.25, 0.3) is 0 Å². The van der Waals surface area contributed by atoms with E-state index in [2.05, 4.69) is 0 Å². The molecule has 2 heterocycles. The van der Waals surface area contributed by atoms with Crippen molar-refractivity contribution in [2.24, 2.45) is 4.99 Å². The Morgan fingerprint density at radius 2 is 1.65 bits per heavy atom. The second-order valence-corrected chi connectivity index (χ2v) is 14.1. The highest BCUT2D eigenvalue weighted by Crippen LogP contribution is 2.46. The van der Waals surface area contributed by atoms with E-state index < -0.39 is 38.9 Å². The molecule has 0 spiro atoms. The summed E-state index contributed by atoms with van der Waals surface area (Å²) < 4.78 is 48.6. The van der Waals surface area contributed by atoms with Crippen molar-refractivity contribution in [1.82, 2.24) is 19.0 Å². The van der Waals surface area contributed by atoms with Crippen LogP contribution in [0.4, 0.5) is 9.18 Å². The summed E-state index contributed by atoms with van der Waals surface area (Å²) in [5.41, 5.74) is 1.41. The van der Waals surface area contributed by atoms with Crippen LogP contribution in [-0.2, 0) is 14.8 Å². The number of rotatable bonds is 9. The zero-order valence-corrected chi connectivity index (χ0v) is 29.5. The maximum absolute atomic E-state index is 15.4. The van der Waals surface area contributed by atoms with Gasteiger partial charge in [-0.3, -0.25) is 14.7 Å². The molecule has 1 N–H and O–H groups in total. The van der Waals surface area contributed by atoms with Gasteiger partial charge in [0.15, 0.2) is 0 Å². The summed E-state index contributed by atoms with van der Waals surface area (Å²) in [4.78, 5) is 36.3. The molecule has 2 aliphatic heterocycles. The van der Waals surface area contributed by atoms with Crippen molar-refractivity contribution in [3.8, 4) is 5.75 Å². The average Bonchev–Trinajstić information content (AvgIpc) is 3.42. The molecule has 3 aromatic carbocycles. The van der Waals surface area contributed by atoms with Gasteiger partial charge in [0.05, 0.1) is 24.8 Å². The van der Waals surface area contributed by atoms with Gasteiger partial charge in [0.1, 0.15) is 34.9 Å². The SMILES string of the molecule is CCOc1cc(F)c(S(=O)(=O)N(C)C)cc1C1=NC(c2ccc(Cl)cc2)C(c2ccc(Cl)cc2)N1C(=O)N1CCN(CCO)C(=O)C1.Cl. The fourth-order valence-corrected chi connectivity index (χ4v) is 6.83. The third-order valence-corrected chi connectivity index (χ3v) is 10.3. The fourth-order valence-electron chi connectivity index (χ4n) is 5.61. The van der Waals surface area contributed by atoms with Crippen LogP contribution in [0.1, 0.15) is 35.7 Å². The first kappa shape index (κ1) is 37.4. The van der Waals surface area contributed by atoms with Crippen LogP contribution in [-0.4, -0.2) is 104 Å². The van der Waals surface area contributed by atoms with E-state index in [4.69, 9.17) is 32.9 Å². The van der Waals surface area contributed by atoms with Gasteiger partial charge >= 0.3 is 6.03 Å². The maximum Gasteiger partial charge on any atom is 0.326 e. The zero-order valence-electron chi connectivity index (χ0n) is 26.3. The molecule has 2 unspecified atom stereocenters. The van der Waals surface area contributed by atoms with Gasteiger partial charge in [-0.1, -0.05) is 47.5 Å². The molecule has 11 nitrogen and oxygen atoms in total. The molecular formula is C32H35Cl3FN5O6S. The van der Waals surface area contributed by atoms with Crippen molar-refractivity contribution >= 4 is 63.4 Å². The minimum absolute atomic E-state index is 0. The third kappa shape index (κ3) is 7.41. The Labute approximate surface area is 294 Å². The van der Waals surface area contributed by atoms with Gasteiger partial charge in [-0.05, 0) is 48.4 Å². The van der Waals surface area contributed by atoms with Crippen LogP contribution in [0.15, 0.2) is 70.6 Å². The molecule has 0 bridgehead atoms. The molecule has 0 aliphatic carbocycles. The lowest BCUT2D eigenvalue weighted by Gasteiger charge is -2.38. The largest absolute Gasteiger partial charge is 0.493 e. The number of benzene rings is 3. The second-order valence-electron chi connectivity index (χ2n) is 11.1. The number of aliphatic imine (C=N–C) groups is 1.